The molecular formula is C14H17N5O. The minimum atomic E-state index is -0.0533. The van der Waals surface area contributed by atoms with Gasteiger partial charge in [-0.2, -0.15) is 0 Å². The van der Waals surface area contributed by atoms with Crippen LogP contribution >= 0.6 is 0 Å². The number of oxime groups is 1. The molecule has 6 nitrogen and oxygen atoms in total. The van der Waals surface area contributed by atoms with Crippen LogP contribution in [0.5, 0.6) is 0 Å². The average Bonchev–Trinajstić information content (AvgIpc) is 2.50. The highest BCUT2D eigenvalue weighted by molar-refractivity contribution is 5.94. The molecule has 104 valence electrons. The van der Waals surface area contributed by atoms with E-state index in [0.29, 0.717) is 11.5 Å². The van der Waals surface area contributed by atoms with Crippen molar-refractivity contribution in [2.24, 2.45) is 10.9 Å². The maximum absolute atomic E-state index is 8.60. The largest absolute Gasteiger partial charge is 0.409 e. The number of hydrogen-bond acceptors (Lipinski definition) is 5. The molecular weight excluding hydrogens is 254 g/mol. The predicted molar refractivity (Wildman–Crippen MR) is 78.4 cm³/mol. The highest BCUT2D eigenvalue weighted by Gasteiger charge is 2.10. The minimum Gasteiger partial charge on any atom is -0.409 e. The first-order valence-corrected chi connectivity index (χ1v) is 6.30. The number of hydrogen-bond donors (Lipinski definition) is 2. The van der Waals surface area contributed by atoms with Gasteiger partial charge in [-0.25, -0.2) is 9.97 Å². The molecule has 0 saturated carbocycles. The molecule has 2 aromatic rings. The van der Waals surface area contributed by atoms with E-state index in [-0.39, 0.29) is 5.84 Å². The van der Waals surface area contributed by atoms with Gasteiger partial charge in [0.15, 0.2) is 11.7 Å². The van der Waals surface area contributed by atoms with Gasteiger partial charge in [0.1, 0.15) is 5.69 Å². The molecule has 1 aromatic heterocycles. The number of nitrogens with zero attached hydrogens (tertiary/aromatic N) is 4. The molecule has 0 atom stereocenters. The molecule has 3 N–H and O–H groups in total. The maximum Gasteiger partial charge on any atom is 0.190 e. The van der Waals surface area contributed by atoms with Crippen molar-refractivity contribution in [1.29, 1.82) is 0 Å². The number of aromatic nitrogens is 2. The quantitative estimate of drug-likeness (QED) is 0.384. The lowest BCUT2D eigenvalue weighted by atomic mass is 10.2. The molecule has 6 heteroatoms. The van der Waals surface area contributed by atoms with Gasteiger partial charge in [0.05, 0.1) is 12.4 Å². The van der Waals surface area contributed by atoms with E-state index in [1.54, 1.807) is 6.20 Å². The second-order valence-corrected chi connectivity index (χ2v) is 4.32. The van der Waals surface area contributed by atoms with Crippen LogP contribution in [0.3, 0.4) is 0 Å². The lowest BCUT2D eigenvalue weighted by Gasteiger charge is -2.21. The lowest BCUT2D eigenvalue weighted by Crippen LogP contribution is -2.20. The normalized spacial score (nSPS) is 11.4. The highest BCUT2D eigenvalue weighted by Crippen LogP contribution is 2.22. The first-order valence-electron chi connectivity index (χ1n) is 6.30. The molecule has 0 aliphatic rings. The van der Waals surface area contributed by atoms with Crippen LogP contribution in [0.25, 0.3) is 0 Å². The summed E-state index contributed by atoms with van der Waals surface area (Å²) < 4.78 is 0. The fraction of sp³-hybridized carbons (Fsp3) is 0.214. The summed E-state index contributed by atoms with van der Waals surface area (Å²) in [5.41, 5.74) is 8.06. The van der Waals surface area contributed by atoms with E-state index in [1.807, 2.05) is 30.9 Å². The lowest BCUT2D eigenvalue weighted by molar-refractivity contribution is 0.318. The van der Waals surface area contributed by atoms with Gasteiger partial charge in [-0.05, 0) is 26.0 Å². The van der Waals surface area contributed by atoms with Gasteiger partial charge in [0.2, 0.25) is 0 Å². The number of amidine groups is 1. The first kappa shape index (κ1) is 13.8. The minimum absolute atomic E-state index is 0.0533. The van der Waals surface area contributed by atoms with Crippen molar-refractivity contribution in [3.8, 4) is 0 Å². The van der Waals surface area contributed by atoms with Crippen molar-refractivity contribution in [2.45, 2.75) is 13.8 Å². The Balaban J connectivity index is 2.30. The molecule has 1 heterocycles. The first-order chi connectivity index (χ1) is 9.65. The van der Waals surface area contributed by atoms with Crippen LogP contribution in [0.2, 0.25) is 0 Å². The summed E-state index contributed by atoms with van der Waals surface area (Å²) in [4.78, 5) is 10.5. The van der Waals surface area contributed by atoms with Crippen molar-refractivity contribution < 1.29 is 5.21 Å². The van der Waals surface area contributed by atoms with E-state index in [0.717, 1.165) is 12.2 Å². The number of anilines is 2. The molecule has 0 fully saturated rings. The number of aryl methyl sites for hydroxylation is 1. The standard InChI is InChI=1S/C14H17N5O/c1-3-19(11-6-4-10(2)5-7-11)13-9-16-12(8-17-13)14(15)18-20/h4-9,20H,3H2,1-2H3,(H2,15,18). The molecule has 1 aromatic carbocycles. The average molecular weight is 271 g/mol. The van der Waals surface area contributed by atoms with Crippen LogP contribution in [0.1, 0.15) is 18.2 Å². The number of nitrogens with two attached hydrogens (primary N) is 1. The van der Waals surface area contributed by atoms with E-state index >= 15 is 0 Å². The molecule has 0 amide bonds. The zero-order valence-corrected chi connectivity index (χ0v) is 11.5. The van der Waals surface area contributed by atoms with Crippen molar-refractivity contribution in [2.75, 3.05) is 11.4 Å². The topological polar surface area (TPSA) is 87.6 Å². The van der Waals surface area contributed by atoms with Crippen LogP contribution in [0.4, 0.5) is 11.5 Å². The Hall–Kier alpha value is -2.63. The van der Waals surface area contributed by atoms with Gasteiger partial charge in [0, 0.05) is 12.2 Å². The Labute approximate surface area is 117 Å². The second kappa shape index (κ2) is 6.01. The molecule has 0 bridgehead atoms. The number of rotatable bonds is 4. The maximum atomic E-state index is 8.60. The van der Waals surface area contributed by atoms with Crippen LogP contribution in [-0.4, -0.2) is 27.6 Å². The molecule has 0 unspecified atom stereocenters. The summed E-state index contributed by atoms with van der Waals surface area (Å²) in [5, 5.41) is 11.5. The summed E-state index contributed by atoms with van der Waals surface area (Å²) in [7, 11) is 0. The third-order valence-corrected chi connectivity index (χ3v) is 2.95. The fourth-order valence-corrected chi connectivity index (χ4v) is 1.85. The van der Waals surface area contributed by atoms with Gasteiger partial charge in [-0.15, -0.1) is 0 Å². The van der Waals surface area contributed by atoms with Crippen molar-refractivity contribution in [3.63, 3.8) is 0 Å². The summed E-state index contributed by atoms with van der Waals surface area (Å²) in [6, 6.07) is 8.18. The second-order valence-electron chi connectivity index (χ2n) is 4.32. The molecule has 0 spiro atoms. The summed E-state index contributed by atoms with van der Waals surface area (Å²) >= 11 is 0. The summed E-state index contributed by atoms with van der Waals surface area (Å²) in [5.74, 6) is 0.660. The van der Waals surface area contributed by atoms with Crippen LogP contribution in [0, 0.1) is 6.92 Å². The van der Waals surface area contributed by atoms with Gasteiger partial charge in [-0.1, -0.05) is 22.9 Å². The summed E-state index contributed by atoms with van der Waals surface area (Å²) in [6.45, 7) is 4.85. The third kappa shape index (κ3) is 2.85. The van der Waals surface area contributed by atoms with Crippen LogP contribution in [-0.2, 0) is 0 Å². The molecule has 0 radical (unpaired) electrons. The van der Waals surface area contributed by atoms with E-state index in [2.05, 4.69) is 27.3 Å². The van der Waals surface area contributed by atoms with Crippen LogP contribution in [0.15, 0.2) is 41.8 Å². The van der Waals surface area contributed by atoms with E-state index < -0.39 is 0 Å². The Morgan fingerprint density at radius 2 is 1.95 bits per heavy atom. The van der Waals surface area contributed by atoms with Crippen molar-refractivity contribution in [3.05, 3.63) is 47.9 Å². The Bertz CT molecular complexity index is 592. The molecule has 20 heavy (non-hydrogen) atoms. The van der Waals surface area contributed by atoms with Gasteiger partial charge in [0.25, 0.3) is 0 Å². The zero-order chi connectivity index (χ0) is 14.5. The monoisotopic (exact) mass is 271 g/mol. The summed E-state index contributed by atoms with van der Waals surface area (Å²) in [6.07, 6.45) is 3.10. The molecule has 2 rings (SSSR count). The highest BCUT2D eigenvalue weighted by atomic mass is 16.4. The van der Waals surface area contributed by atoms with Gasteiger partial charge < -0.3 is 15.8 Å². The zero-order valence-electron chi connectivity index (χ0n) is 11.5. The van der Waals surface area contributed by atoms with E-state index in [1.165, 1.54) is 11.8 Å². The molecule has 0 aliphatic heterocycles. The Morgan fingerprint density at radius 3 is 2.45 bits per heavy atom. The van der Waals surface area contributed by atoms with Crippen molar-refractivity contribution >= 4 is 17.3 Å². The van der Waals surface area contributed by atoms with Gasteiger partial charge >= 0.3 is 0 Å². The number of benzene rings is 1. The predicted octanol–water partition coefficient (Wildman–Crippen LogP) is 2.04. The van der Waals surface area contributed by atoms with Crippen molar-refractivity contribution in [1.82, 2.24) is 9.97 Å². The Morgan fingerprint density at radius 1 is 1.25 bits per heavy atom. The third-order valence-electron chi connectivity index (χ3n) is 2.95. The van der Waals surface area contributed by atoms with Crippen LogP contribution < -0.4 is 10.6 Å². The smallest absolute Gasteiger partial charge is 0.190 e. The molecule has 0 saturated heterocycles. The van der Waals surface area contributed by atoms with E-state index in [4.69, 9.17) is 10.9 Å². The van der Waals surface area contributed by atoms with E-state index in [9.17, 15) is 0 Å². The van der Waals surface area contributed by atoms with Gasteiger partial charge in [-0.3, -0.25) is 0 Å². The fourth-order valence-electron chi connectivity index (χ4n) is 1.85. The Kier molecular flexibility index (Phi) is 4.14. The SMILES string of the molecule is CCN(c1ccc(C)cc1)c1cnc(C(N)=NO)cn1. The molecule has 0 aliphatic carbocycles.